The van der Waals surface area contributed by atoms with Crippen molar-refractivity contribution in [2.24, 2.45) is 0 Å². The number of unbranched alkanes of at least 4 members (excludes halogenated alkanes) is 1. The fraction of sp³-hybridized carbons (Fsp3) is 0.571. The van der Waals surface area contributed by atoms with Gasteiger partial charge in [0.1, 0.15) is 0 Å². The highest BCUT2D eigenvalue weighted by Gasteiger charge is 2.08. The number of aliphatic hydroxyl groups excluding tert-OH is 1. The molecule has 0 amide bonds. The topological polar surface area (TPSA) is 83.8 Å². The highest BCUT2D eigenvalue weighted by molar-refractivity contribution is 7.74. The summed E-state index contributed by atoms with van der Waals surface area (Å²) in [6.07, 6.45) is 2.63. The van der Waals surface area contributed by atoms with Gasteiger partial charge in [0.25, 0.3) is 0 Å². The van der Waals surface area contributed by atoms with Gasteiger partial charge >= 0.3 is 17.3 Å². The van der Waals surface area contributed by atoms with Gasteiger partial charge in [0.2, 0.25) is 0 Å². The quantitative estimate of drug-likeness (QED) is 0.388. The Morgan fingerprint density at radius 1 is 1.62 bits per heavy atom. The number of rotatable bonds is 5. The van der Waals surface area contributed by atoms with Crippen LogP contribution in [0.2, 0.25) is 0 Å². The molecule has 0 saturated carbocycles. The molecule has 76 valence electrons. The standard InChI is InChI=1S/C7H12O5S/c1-6(4-2-3-5-8)7(9)12-13(10)11/h4,8H,2-3,5H2,1H3,(H,10,11). The Morgan fingerprint density at radius 3 is 2.69 bits per heavy atom. The van der Waals surface area contributed by atoms with E-state index in [2.05, 4.69) is 4.18 Å². The van der Waals surface area contributed by atoms with Gasteiger partial charge in [-0.1, -0.05) is 6.08 Å². The molecule has 0 aromatic rings. The maximum absolute atomic E-state index is 10.8. The van der Waals surface area contributed by atoms with Crippen molar-refractivity contribution in [3.8, 4) is 0 Å². The van der Waals surface area contributed by atoms with Crippen molar-refractivity contribution in [1.29, 1.82) is 0 Å². The molecule has 0 bridgehead atoms. The van der Waals surface area contributed by atoms with E-state index in [9.17, 15) is 9.00 Å². The first kappa shape index (κ1) is 12.3. The smallest absolute Gasteiger partial charge is 0.360 e. The SMILES string of the molecule is CC(=CCCCO)C(=O)OS(=O)O. The summed E-state index contributed by atoms with van der Waals surface area (Å²) in [5.74, 6) is -0.821. The highest BCUT2D eigenvalue weighted by Crippen LogP contribution is 2.01. The number of hydrogen-bond acceptors (Lipinski definition) is 4. The maximum atomic E-state index is 10.8. The molecule has 1 unspecified atom stereocenters. The van der Waals surface area contributed by atoms with Gasteiger partial charge in [-0.2, -0.15) is 4.21 Å². The molecule has 0 radical (unpaired) electrons. The van der Waals surface area contributed by atoms with E-state index in [1.54, 1.807) is 6.08 Å². The molecule has 0 rings (SSSR count). The van der Waals surface area contributed by atoms with Crippen LogP contribution >= 0.6 is 0 Å². The Bertz CT molecular complexity index is 223. The van der Waals surface area contributed by atoms with Crippen LogP contribution in [0.25, 0.3) is 0 Å². The van der Waals surface area contributed by atoms with Crippen LogP contribution in [0, 0.1) is 0 Å². The molecule has 0 aliphatic rings. The van der Waals surface area contributed by atoms with E-state index in [1.165, 1.54) is 6.92 Å². The lowest BCUT2D eigenvalue weighted by Crippen LogP contribution is -2.07. The summed E-state index contributed by atoms with van der Waals surface area (Å²) >= 11 is -2.56. The average Bonchev–Trinajstić information content (AvgIpc) is 2.03. The van der Waals surface area contributed by atoms with Gasteiger partial charge in [-0.05, 0) is 19.8 Å². The zero-order chi connectivity index (χ0) is 10.3. The van der Waals surface area contributed by atoms with Gasteiger partial charge in [0, 0.05) is 12.2 Å². The fourth-order valence-corrected chi connectivity index (χ4v) is 0.885. The number of aliphatic hydroxyl groups is 1. The molecule has 0 aliphatic carbocycles. The van der Waals surface area contributed by atoms with Crippen molar-refractivity contribution in [2.75, 3.05) is 6.61 Å². The maximum Gasteiger partial charge on any atom is 0.360 e. The molecule has 0 saturated heterocycles. The largest absolute Gasteiger partial charge is 0.396 e. The monoisotopic (exact) mass is 208 g/mol. The zero-order valence-electron chi connectivity index (χ0n) is 7.23. The van der Waals surface area contributed by atoms with Crippen LogP contribution in [0.5, 0.6) is 0 Å². The Hall–Kier alpha value is -0.720. The molecule has 13 heavy (non-hydrogen) atoms. The van der Waals surface area contributed by atoms with Gasteiger partial charge < -0.3 is 9.29 Å². The second-order valence-corrected chi connectivity index (χ2v) is 2.94. The van der Waals surface area contributed by atoms with E-state index in [1.807, 2.05) is 0 Å². The lowest BCUT2D eigenvalue weighted by atomic mass is 10.2. The predicted octanol–water partition coefficient (Wildman–Crippen LogP) is 0.385. The summed E-state index contributed by atoms with van der Waals surface area (Å²) in [5, 5.41) is 8.43. The summed E-state index contributed by atoms with van der Waals surface area (Å²) in [5.41, 5.74) is 0.260. The Balaban J connectivity index is 3.93. The van der Waals surface area contributed by atoms with E-state index in [-0.39, 0.29) is 12.2 Å². The van der Waals surface area contributed by atoms with Crippen LogP contribution in [0.15, 0.2) is 11.6 Å². The van der Waals surface area contributed by atoms with Gasteiger partial charge in [0.15, 0.2) is 0 Å². The van der Waals surface area contributed by atoms with Crippen LogP contribution in [-0.4, -0.2) is 26.4 Å². The first-order valence-corrected chi connectivity index (χ1v) is 4.72. The van der Waals surface area contributed by atoms with Crippen LogP contribution in [0.1, 0.15) is 19.8 Å². The third-order valence-corrected chi connectivity index (χ3v) is 1.58. The molecule has 6 heteroatoms. The summed E-state index contributed by atoms with van der Waals surface area (Å²) in [7, 11) is 0. The van der Waals surface area contributed by atoms with E-state index >= 15 is 0 Å². The van der Waals surface area contributed by atoms with Crippen molar-refractivity contribution in [3.05, 3.63) is 11.6 Å². The van der Waals surface area contributed by atoms with Crippen LogP contribution < -0.4 is 0 Å². The number of carbonyl (C=O) groups is 1. The first-order valence-electron chi connectivity index (χ1n) is 3.69. The zero-order valence-corrected chi connectivity index (χ0v) is 8.04. The summed E-state index contributed by atoms with van der Waals surface area (Å²) in [4.78, 5) is 10.8. The van der Waals surface area contributed by atoms with Gasteiger partial charge in [-0.25, -0.2) is 4.79 Å². The van der Waals surface area contributed by atoms with Gasteiger partial charge in [-0.15, -0.1) is 0 Å². The third-order valence-electron chi connectivity index (χ3n) is 1.28. The molecule has 2 N–H and O–H groups in total. The van der Waals surface area contributed by atoms with Crippen molar-refractivity contribution in [3.63, 3.8) is 0 Å². The van der Waals surface area contributed by atoms with Crippen LogP contribution in [0.4, 0.5) is 0 Å². The minimum absolute atomic E-state index is 0.0464. The van der Waals surface area contributed by atoms with Gasteiger partial charge in [-0.3, -0.25) is 4.55 Å². The summed E-state index contributed by atoms with van der Waals surface area (Å²) in [6.45, 7) is 1.53. The molecule has 0 spiro atoms. The molecule has 0 aromatic heterocycles. The molecule has 0 aromatic carbocycles. The molecule has 1 atom stereocenters. The molecule has 0 heterocycles. The van der Waals surface area contributed by atoms with Crippen molar-refractivity contribution < 1.29 is 22.8 Å². The van der Waals surface area contributed by atoms with Gasteiger partial charge in [0.05, 0.1) is 0 Å². The first-order chi connectivity index (χ1) is 6.07. The normalized spacial score (nSPS) is 13.9. The fourth-order valence-electron chi connectivity index (χ4n) is 0.624. The van der Waals surface area contributed by atoms with Crippen LogP contribution in [-0.2, 0) is 20.3 Å². The molecule has 0 aliphatic heterocycles. The molecular weight excluding hydrogens is 196 g/mol. The second-order valence-electron chi connectivity index (χ2n) is 2.34. The number of hydrogen-bond donors (Lipinski definition) is 2. The van der Waals surface area contributed by atoms with Crippen molar-refractivity contribution in [1.82, 2.24) is 0 Å². The average molecular weight is 208 g/mol. The van der Waals surface area contributed by atoms with E-state index in [0.717, 1.165) is 0 Å². The highest BCUT2D eigenvalue weighted by atomic mass is 32.2. The number of carbonyl (C=O) groups excluding carboxylic acids is 1. The summed E-state index contributed by atoms with van der Waals surface area (Å²) in [6, 6.07) is 0. The Morgan fingerprint density at radius 2 is 2.23 bits per heavy atom. The molecule has 5 nitrogen and oxygen atoms in total. The Labute approximate surface area is 78.9 Å². The number of allylic oxidation sites excluding steroid dienone is 1. The lowest BCUT2D eigenvalue weighted by Gasteiger charge is -1.98. The minimum Gasteiger partial charge on any atom is -0.396 e. The minimum atomic E-state index is -2.56. The van der Waals surface area contributed by atoms with Crippen molar-refractivity contribution in [2.45, 2.75) is 19.8 Å². The predicted molar refractivity (Wildman–Crippen MR) is 46.9 cm³/mol. The second kappa shape index (κ2) is 6.76. The van der Waals surface area contributed by atoms with E-state index < -0.39 is 17.3 Å². The lowest BCUT2D eigenvalue weighted by molar-refractivity contribution is -0.129. The molecular formula is C7H12O5S. The van der Waals surface area contributed by atoms with E-state index in [0.29, 0.717) is 12.8 Å². The third kappa shape index (κ3) is 6.44. The van der Waals surface area contributed by atoms with Crippen molar-refractivity contribution >= 4 is 17.3 Å². The van der Waals surface area contributed by atoms with Crippen LogP contribution in [0.3, 0.4) is 0 Å². The van der Waals surface area contributed by atoms with E-state index in [4.69, 9.17) is 9.66 Å². The Kier molecular flexibility index (Phi) is 6.38. The summed E-state index contributed by atoms with van der Waals surface area (Å²) < 4.78 is 22.3. The molecule has 0 fully saturated rings.